The molecule has 3 nitrogen and oxygen atoms in total. The van der Waals surface area contributed by atoms with Crippen molar-refractivity contribution in [3.63, 3.8) is 0 Å². The van der Waals surface area contributed by atoms with Crippen molar-refractivity contribution in [3.8, 4) is 11.4 Å². The second kappa shape index (κ2) is 4.19. The van der Waals surface area contributed by atoms with Gasteiger partial charge >= 0.3 is 0 Å². The van der Waals surface area contributed by atoms with E-state index in [4.69, 9.17) is 0 Å². The van der Waals surface area contributed by atoms with E-state index in [2.05, 4.69) is 38.6 Å². The van der Waals surface area contributed by atoms with Crippen LogP contribution in [-0.2, 0) is 12.5 Å². The highest BCUT2D eigenvalue weighted by molar-refractivity contribution is 7.08. The Bertz CT molecular complexity index is 635. The van der Waals surface area contributed by atoms with Crippen LogP contribution >= 0.6 is 11.3 Å². The first kappa shape index (κ1) is 12.4. The summed E-state index contributed by atoms with van der Waals surface area (Å²) in [5.41, 5.74) is 1.55. The molecule has 0 saturated heterocycles. The molecule has 0 atom stereocenters. The summed E-state index contributed by atoms with van der Waals surface area (Å²) in [5.74, 6) is 5.18. The lowest BCUT2D eigenvalue weighted by atomic mass is 9.49. The fraction of sp³-hybridized carbons (Fsp3) is 0.647. The highest BCUT2D eigenvalue weighted by Gasteiger charge is 2.53. The minimum Gasteiger partial charge on any atom is -0.314 e. The first-order valence-electron chi connectivity index (χ1n) is 8.16. The maximum atomic E-state index is 4.68. The quantitative estimate of drug-likeness (QED) is 0.839. The summed E-state index contributed by atoms with van der Waals surface area (Å²) in [7, 11) is 2.17. The zero-order valence-corrected chi connectivity index (χ0v) is 13.3. The molecule has 110 valence electrons. The van der Waals surface area contributed by atoms with Crippen molar-refractivity contribution in [3.05, 3.63) is 22.7 Å². The normalized spacial score (nSPS) is 37.3. The maximum Gasteiger partial charge on any atom is 0.164 e. The summed E-state index contributed by atoms with van der Waals surface area (Å²) in [6.45, 7) is 0. The Morgan fingerprint density at radius 2 is 1.76 bits per heavy atom. The predicted octanol–water partition coefficient (Wildman–Crippen LogP) is 4.01. The third-order valence-electron chi connectivity index (χ3n) is 6.17. The molecule has 4 aliphatic carbocycles. The van der Waals surface area contributed by atoms with E-state index in [1.54, 1.807) is 11.3 Å². The lowest BCUT2D eigenvalue weighted by Crippen LogP contribution is -2.49. The molecule has 0 N–H and O–H groups in total. The van der Waals surface area contributed by atoms with Crippen LogP contribution < -0.4 is 0 Å². The van der Waals surface area contributed by atoms with Crippen molar-refractivity contribution in [2.45, 2.75) is 43.9 Å². The standard InChI is InChI=1S/C17H21N3S/c1-20-15(14-2-3-21-10-14)18-19-16(20)17-7-11-4-12(8-17)6-13(5-11)9-17/h2-3,10-13H,4-9H2,1H3. The van der Waals surface area contributed by atoms with Crippen LogP contribution in [0.2, 0.25) is 0 Å². The molecule has 6 rings (SSSR count). The Kier molecular flexibility index (Phi) is 2.47. The summed E-state index contributed by atoms with van der Waals surface area (Å²) < 4.78 is 2.29. The van der Waals surface area contributed by atoms with Gasteiger partial charge in [-0.1, -0.05) is 0 Å². The van der Waals surface area contributed by atoms with Crippen LogP contribution in [0, 0.1) is 17.8 Å². The van der Waals surface area contributed by atoms with Crippen LogP contribution in [0.4, 0.5) is 0 Å². The zero-order chi connectivity index (χ0) is 14.0. The average molecular weight is 299 g/mol. The lowest BCUT2D eigenvalue weighted by molar-refractivity contribution is -0.0107. The molecule has 0 radical (unpaired) electrons. The van der Waals surface area contributed by atoms with Gasteiger partial charge in [-0.25, -0.2) is 0 Å². The monoisotopic (exact) mass is 299 g/mol. The summed E-state index contributed by atoms with van der Waals surface area (Å²) in [6, 6.07) is 2.15. The Balaban J connectivity index is 1.59. The molecule has 2 aromatic rings. The predicted molar refractivity (Wildman–Crippen MR) is 84.2 cm³/mol. The fourth-order valence-corrected chi connectivity index (χ4v) is 6.45. The minimum atomic E-state index is 0.338. The van der Waals surface area contributed by atoms with Crippen LogP contribution in [0.25, 0.3) is 11.4 Å². The average Bonchev–Trinajstić information content (AvgIpc) is 3.05. The second-order valence-corrected chi connectivity index (χ2v) is 8.40. The minimum absolute atomic E-state index is 0.338. The van der Waals surface area contributed by atoms with Crippen molar-refractivity contribution < 1.29 is 0 Å². The SMILES string of the molecule is Cn1c(-c2ccsc2)nnc1C12CC3CC(CC(C3)C1)C2. The van der Waals surface area contributed by atoms with Gasteiger partial charge in [-0.3, -0.25) is 0 Å². The van der Waals surface area contributed by atoms with E-state index >= 15 is 0 Å². The molecule has 4 aliphatic rings. The second-order valence-electron chi connectivity index (χ2n) is 7.62. The van der Waals surface area contributed by atoms with E-state index in [1.807, 2.05) is 0 Å². The van der Waals surface area contributed by atoms with Crippen LogP contribution in [0.15, 0.2) is 16.8 Å². The Hall–Kier alpha value is -1.16. The number of hydrogen-bond acceptors (Lipinski definition) is 3. The highest BCUT2D eigenvalue weighted by Crippen LogP contribution is 2.60. The molecule has 0 amide bonds. The number of thiophene rings is 1. The lowest BCUT2D eigenvalue weighted by Gasteiger charge is -2.56. The molecule has 2 aromatic heterocycles. The smallest absolute Gasteiger partial charge is 0.164 e. The number of nitrogens with zero attached hydrogens (tertiary/aromatic N) is 3. The molecule has 0 spiro atoms. The van der Waals surface area contributed by atoms with Crippen molar-refractivity contribution in [1.29, 1.82) is 0 Å². The Morgan fingerprint density at radius 3 is 2.33 bits per heavy atom. The Morgan fingerprint density at radius 1 is 1.10 bits per heavy atom. The zero-order valence-electron chi connectivity index (χ0n) is 12.5. The van der Waals surface area contributed by atoms with Crippen molar-refractivity contribution >= 4 is 11.3 Å². The summed E-state index contributed by atoms with van der Waals surface area (Å²) in [4.78, 5) is 0. The molecule has 4 heteroatoms. The van der Waals surface area contributed by atoms with E-state index in [0.717, 1.165) is 23.6 Å². The fourth-order valence-electron chi connectivity index (χ4n) is 5.82. The highest BCUT2D eigenvalue weighted by atomic mass is 32.1. The first-order valence-corrected chi connectivity index (χ1v) is 9.10. The number of rotatable bonds is 2. The summed E-state index contributed by atoms with van der Waals surface area (Å²) in [6.07, 6.45) is 8.51. The van der Waals surface area contributed by atoms with Gasteiger partial charge in [0.15, 0.2) is 5.82 Å². The van der Waals surface area contributed by atoms with E-state index in [9.17, 15) is 0 Å². The molecule has 4 fully saturated rings. The topological polar surface area (TPSA) is 30.7 Å². The van der Waals surface area contributed by atoms with Crippen LogP contribution in [0.5, 0.6) is 0 Å². The molecule has 0 aliphatic heterocycles. The van der Waals surface area contributed by atoms with Gasteiger partial charge in [0.2, 0.25) is 0 Å². The molecular formula is C17H21N3S. The largest absolute Gasteiger partial charge is 0.314 e. The summed E-state index contributed by atoms with van der Waals surface area (Å²) in [5, 5.41) is 13.5. The molecule has 21 heavy (non-hydrogen) atoms. The van der Waals surface area contributed by atoms with Crippen LogP contribution in [0.1, 0.15) is 44.3 Å². The molecular weight excluding hydrogens is 278 g/mol. The van der Waals surface area contributed by atoms with E-state index in [0.29, 0.717) is 5.41 Å². The van der Waals surface area contributed by atoms with Crippen molar-refractivity contribution in [2.75, 3.05) is 0 Å². The van der Waals surface area contributed by atoms with Gasteiger partial charge in [0.1, 0.15) is 5.82 Å². The molecule has 4 bridgehead atoms. The van der Waals surface area contributed by atoms with Gasteiger partial charge < -0.3 is 4.57 Å². The third-order valence-corrected chi connectivity index (χ3v) is 6.85. The number of aromatic nitrogens is 3. The molecule has 4 saturated carbocycles. The van der Waals surface area contributed by atoms with Gasteiger partial charge in [-0.2, -0.15) is 11.3 Å². The van der Waals surface area contributed by atoms with Crippen LogP contribution in [-0.4, -0.2) is 14.8 Å². The summed E-state index contributed by atoms with van der Waals surface area (Å²) >= 11 is 1.73. The van der Waals surface area contributed by atoms with Crippen LogP contribution in [0.3, 0.4) is 0 Å². The van der Waals surface area contributed by atoms with Gasteiger partial charge in [0, 0.05) is 23.4 Å². The van der Waals surface area contributed by atoms with Gasteiger partial charge in [0.05, 0.1) is 0 Å². The van der Waals surface area contributed by atoms with Gasteiger partial charge in [-0.15, -0.1) is 10.2 Å². The van der Waals surface area contributed by atoms with Crippen molar-refractivity contribution in [2.24, 2.45) is 24.8 Å². The Labute approximate surface area is 129 Å². The van der Waals surface area contributed by atoms with E-state index in [-0.39, 0.29) is 0 Å². The number of hydrogen-bond donors (Lipinski definition) is 0. The van der Waals surface area contributed by atoms with Gasteiger partial charge in [-0.05, 0) is 67.7 Å². The van der Waals surface area contributed by atoms with E-state index in [1.165, 1.54) is 49.9 Å². The maximum absolute atomic E-state index is 4.68. The third kappa shape index (κ3) is 1.71. The first-order chi connectivity index (χ1) is 10.2. The van der Waals surface area contributed by atoms with Gasteiger partial charge in [0.25, 0.3) is 0 Å². The molecule has 2 heterocycles. The van der Waals surface area contributed by atoms with Crippen molar-refractivity contribution in [1.82, 2.24) is 14.8 Å². The van der Waals surface area contributed by atoms with E-state index < -0.39 is 0 Å². The molecule has 0 unspecified atom stereocenters. The molecule has 0 aromatic carbocycles.